The first-order valence-corrected chi connectivity index (χ1v) is 11.6. The van der Waals surface area contributed by atoms with Crippen LogP contribution in [0.3, 0.4) is 0 Å². The Balaban J connectivity index is 1.13. The van der Waals surface area contributed by atoms with Gasteiger partial charge in [0.15, 0.2) is 0 Å². The molecule has 160 valence electrons. The minimum absolute atomic E-state index is 0.335. The van der Waals surface area contributed by atoms with Crippen molar-refractivity contribution in [2.45, 2.75) is 51.1 Å². The molecule has 3 heterocycles. The van der Waals surface area contributed by atoms with Crippen molar-refractivity contribution in [3.8, 4) is 0 Å². The molecule has 29 heavy (non-hydrogen) atoms. The number of likely N-dealkylation sites (tertiary alicyclic amines) is 2. The van der Waals surface area contributed by atoms with Gasteiger partial charge >= 0.3 is 0 Å². The number of hydrogen-bond donors (Lipinski definition) is 0. The van der Waals surface area contributed by atoms with Gasteiger partial charge in [-0.05, 0) is 69.8 Å². The maximum Gasteiger partial charge on any atom is 0.222 e. The largest absolute Gasteiger partial charge is 0.378 e. The van der Waals surface area contributed by atoms with Gasteiger partial charge in [-0.2, -0.15) is 0 Å². The topological polar surface area (TPSA) is 36.0 Å². The molecule has 1 aromatic carbocycles. The van der Waals surface area contributed by atoms with Crippen molar-refractivity contribution in [2.24, 2.45) is 5.92 Å². The zero-order valence-corrected chi connectivity index (χ0v) is 17.8. The molecule has 0 aliphatic carbocycles. The summed E-state index contributed by atoms with van der Waals surface area (Å²) in [5, 5.41) is 0. The summed E-state index contributed by atoms with van der Waals surface area (Å²) in [6.07, 6.45) is 6.92. The van der Waals surface area contributed by atoms with Crippen LogP contribution in [0.2, 0.25) is 0 Å². The molecular formula is C24H37N3O2. The number of piperidine rings is 2. The van der Waals surface area contributed by atoms with Gasteiger partial charge in [0.1, 0.15) is 0 Å². The molecule has 0 spiro atoms. The van der Waals surface area contributed by atoms with Crippen molar-refractivity contribution >= 4 is 5.91 Å². The van der Waals surface area contributed by atoms with Gasteiger partial charge in [0.2, 0.25) is 5.91 Å². The number of carbonyl (C=O) groups is 1. The smallest absolute Gasteiger partial charge is 0.222 e. The van der Waals surface area contributed by atoms with Gasteiger partial charge in [-0.15, -0.1) is 0 Å². The summed E-state index contributed by atoms with van der Waals surface area (Å²) in [5.74, 6) is 1.07. The quantitative estimate of drug-likeness (QED) is 0.737. The van der Waals surface area contributed by atoms with Crippen LogP contribution in [-0.2, 0) is 16.1 Å². The summed E-state index contributed by atoms with van der Waals surface area (Å²) < 4.78 is 5.35. The molecule has 5 nitrogen and oxygen atoms in total. The number of hydrogen-bond acceptors (Lipinski definition) is 4. The fourth-order valence-electron chi connectivity index (χ4n) is 5.19. The number of rotatable bonds is 6. The second-order valence-electron chi connectivity index (χ2n) is 9.00. The minimum Gasteiger partial charge on any atom is -0.378 e. The molecule has 0 bridgehead atoms. The van der Waals surface area contributed by atoms with Crippen molar-refractivity contribution in [2.75, 3.05) is 52.5 Å². The van der Waals surface area contributed by atoms with E-state index in [0.29, 0.717) is 19.1 Å². The molecule has 4 rings (SSSR count). The van der Waals surface area contributed by atoms with E-state index >= 15 is 0 Å². The summed E-state index contributed by atoms with van der Waals surface area (Å²) in [6.45, 7) is 8.93. The SMILES string of the molecule is O=C(CCC1CCN(C2CCN(Cc3ccccc3)CC2)CC1)N1CCOCC1. The lowest BCUT2D eigenvalue weighted by Crippen LogP contribution is -2.47. The minimum atomic E-state index is 0.335. The number of amides is 1. The lowest BCUT2D eigenvalue weighted by Gasteiger charge is -2.42. The zero-order chi connectivity index (χ0) is 19.9. The highest BCUT2D eigenvalue weighted by Gasteiger charge is 2.28. The molecule has 0 unspecified atom stereocenters. The Morgan fingerprint density at radius 3 is 2.28 bits per heavy atom. The van der Waals surface area contributed by atoms with E-state index in [1.807, 2.05) is 4.90 Å². The highest BCUT2D eigenvalue weighted by molar-refractivity contribution is 5.76. The molecule has 1 amide bonds. The Bertz CT molecular complexity index is 616. The molecular weight excluding hydrogens is 362 g/mol. The van der Waals surface area contributed by atoms with Crippen molar-refractivity contribution in [1.82, 2.24) is 14.7 Å². The van der Waals surface area contributed by atoms with Crippen molar-refractivity contribution in [1.29, 1.82) is 0 Å². The number of benzene rings is 1. The van der Waals surface area contributed by atoms with E-state index in [0.717, 1.165) is 44.4 Å². The van der Waals surface area contributed by atoms with E-state index in [1.54, 1.807) is 0 Å². The normalized spacial score (nSPS) is 23.4. The summed E-state index contributed by atoms with van der Waals surface area (Å²) >= 11 is 0. The van der Waals surface area contributed by atoms with Crippen molar-refractivity contribution in [3.63, 3.8) is 0 Å². The molecule has 3 fully saturated rings. The first kappa shape index (κ1) is 20.8. The average molecular weight is 400 g/mol. The van der Waals surface area contributed by atoms with E-state index in [4.69, 9.17) is 4.74 Å². The van der Waals surface area contributed by atoms with Gasteiger partial charge < -0.3 is 14.5 Å². The van der Waals surface area contributed by atoms with E-state index in [-0.39, 0.29) is 0 Å². The van der Waals surface area contributed by atoms with Crippen LogP contribution in [0.15, 0.2) is 30.3 Å². The van der Waals surface area contributed by atoms with Gasteiger partial charge in [-0.1, -0.05) is 30.3 Å². The van der Waals surface area contributed by atoms with Gasteiger partial charge in [0.05, 0.1) is 13.2 Å². The van der Waals surface area contributed by atoms with Crippen molar-refractivity contribution < 1.29 is 9.53 Å². The number of nitrogens with zero attached hydrogens (tertiary/aromatic N) is 3. The zero-order valence-electron chi connectivity index (χ0n) is 17.8. The van der Waals surface area contributed by atoms with Gasteiger partial charge in [-0.25, -0.2) is 0 Å². The molecule has 0 radical (unpaired) electrons. The Hall–Kier alpha value is -1.43. The van der Waals surface area contributed by atoms with Crippen LogP contribution in [0.5, 0.6) is 0 Å². The Morgan fingerprint density at radius 2 is 1.59 bits per heavy atom. The van der Waals surface area contributed by atoms with Crippen molar-refractivity contribution in [3.05, 3.63) is 35.9 Å². The summed E-state index contributed by atoms with van der Waals surface area (Å²) in [4.78, 5) is 19.7. The van der Waals surface area contributed by atoms with Crippen LogP contribution in [0.4, 0.5) is 0 Å². The average Bonchev–Trinajstić information content (AvgIpc) is 2.80. The van der Waals surface area contributed by atoms with Gasteiger partial charge in [-0.3, -0.25) is 9.69 Å². The molecule has 0 saturated carbocycles. The second-order valence-corrected chi connectivity index (χ2v) is 9.00. The second kappa shape index (κ2) is 10.6. The molecule has 0 atom stereocenters. The molecule has 3 saturated heterocycles. The Labute approximate surface area is 176 Å². The molecule has 0 N–H and O–H groups in total. The van der Waals surface area contributed by atoms with Crippen LogP contribution < -0.4 is 0 Å². The molecule has 5 heteroatoms. The lowest BCUT2D eigenvalue weighted by molar-refractivity contribution is -0.135. The third-order valence-electron chi connectivity index (χ3n) is 7.10. The summed E-state index contributed by atoms with van der Waals surface area (Å²) in [7, 11) is 0. The maximum absolute atomic E-state index is 12.4. The monoisotopic (exact) mass is 399 g/mol. The molecule has 1 aromatic rings. The van der Waals surface area contributed by atoms with Gasteiger partial charge in [0, 0.05) is 32.1 Å². The van der Waals surface area contributed by atoms with Gasteiger partial charge in [0.25, 0.3) is 0 Å². The summed E-state index contributed by atoms with van der Waals surface area (Å²) in [5.41, 5.74) is 1.43. The first-order valence-electron chi connectivity index (χ1n) is 11.6. The fraction of sp³-hybridized carbons (Fsp3) is 0.708. The van der Waals surface area contributed by atoms with E-state index in [2.05, 4.69) is 40.1 Å². The number of morpholine rings is 1. The number of carbonyl (C=O) groups excluding carboxylic acids is 1. The van der Waals surface area contributed by atoms with Crippen LogP contribution in [0.1, 0.15) is 44.1 Å². The number of ether oxygens (including phenoxy) is 1. The van der Waals surface area contributed by atoms with Crippen LogP contribution >= 0.6 is 0 Å². The molecule has 3 aliphatic rings. The predicted octanol–water partition coefficient (Wildman–Crippen LogP) is 3.00. The Morgan fingerprint density at radius 1 is 0.897 bits per heavy atom. The van der Waals surface area contributed by atoms with E-state index in [9.17, 15) is 4.79 Å². The van der Waals surface area contributed by atoms with Crippen LogP contribution in [0, 0.1) is 5.92 Å². The highest BCUT2D eigenvalue weighted by atomic mass is 16.5. The predicted molar refractivity (Wildman–Crippen MR) is 116 cm³/mol. The summed E-state index contributed by atoms with van der Waals surface area (Å²) in [6, 6.07) is 11.6. The third-order valence-corrected chi connectivity index (χ3v) is 7.10. The van der Waals surface area contributed by atoms with E-state index < -0.39 is 0 Å². The molecule has 3 aliphatic heterocycles. The van der Waals surface area contributed by atoms with Crippen LogP contribution in [0.25, 0.3) is 0 Å². The fourth-order valence-corrected chi connectivity index (χ4v) is 5.19. The Kier molecular flexibility index (Phi) is 7.58. The lowest BCUT2D eigenvalue weighted by atomic mass is 9.90. The van der Waals surface area contributed by atoms with E-state index in [1.165, 1.54) is 57.4 Å². The maximum atomic E-state index is 12.4. The first-order chi connectivity index (χ1) is 14.3. The highest BCUT2D eigenvalue weighted by Crippen LogP contribution is 2.27. The standard InChI is InChI=1S/C24H37N3O2/c28-24(27-16-18-29-19-17-27)7-6-21-8-14-26(15-9-21)23-10-12-25(13-11-23)20-22-4-2-1-3-5-22/h1-5,21,23H,6-20H2. The van der Waals surface area contributed by atoms with Crippen LogP contribution in [-0.4, -0.2) is 79.1 Å². The molecule has 0 aromatic heterocycles. The third kappa shape index (κ3) is 6.03.